The molecule has 3 fully saturated rings. The van der Waals surface area contributed by atoms with Gasteiger partial charge in [-0.3, -0.25) is 0 Å². The molecular weight excluding hydrogens is 184 g/mol. The van der Waals surface area contributed by atoms with Crippen LogP contribution in [0.1, 0.15) is 32.1 Å². The van der Waals surface area contributed by atoms with E-state index in [0.29, 0.717) is 0 Å². The molecule has 0 saturated heterocycles. The van der Waals surface area contributed by atoms with Gasteiger partial charge in [0.1, 0.15) is 0 Å². The summed E-state index contributed by atoms with van der Waals surface area (Å²) in [5, 5.41) is 7.00. The fraction of sp³-hybridized carbons (Fsp3) is 1.00. The van der Waals surface area contributed by atoms with Crippen molar-refractivity contribution in [1.82, 2.24) is 10.6 Å². The molecule has 0 aromatic heterocycles. The summed E-state index contributed by atoms with van der Waals surface area (Å²) in [5.41, 5.74) is 0. The van der Waals surface area contributed by atoms with Gasteiger partial charge in [-0.05, 0) is 75.9 Å². The van der Waals surface area contributed by atoms with Gasteiger partial charge in [0.05, 0.1) is 0 Å². The van der Waals surface area contributed by atoms with Crippen LogP contribution in [0.2, 0.25) is 0 Å². The lowest BCUT2D eigenvalue weighted by molar-refractivity contribution is 0.456. The molecule has 2 heteroatoms. The average molecular weight is 208 g/mol. The predicted octanol–water partition coefficient (Wildman–Crippen LogP) is 1.62. The van der Waals surface area contributed by atoms with Gasteiger partial charge in [-0.1, -0.05) is 0 Å². The number of unbranched alkanes of at least 4 members (excludes halogenated alkanes) is 1. The van der Waals surface area contributed by atoms with Crippen molar-refractivity contribution in [2.45, 2.75) is 38.1 Å². The maximum Gasteiger partial charge on any atom is 0.0135 e. The molecule has 0 aromatic rings. The molecule has 2 N–H and O–H groups in total. The van der Waals surface area contributed by atoms with Gasteiger partial charge in [0.25, 0.3) is 0 Å². The maximum atomic E-state index is 3.79. The maximum absolute atomic E-state index is 3.79. The summed E-state index contributed by atoms with van der Waals surface area (Å²) in [6, 6.07) is 0.936. The van der Waals surface area contributed by atoms with Gasteiger partial charge in [-0.15, -0.1) is 0 Å². The molecule has 4 unspecified atom stereocenters. The second-order valence-electron chi connectivity index (χ2n) is 5.78. The van der Waals surface area contributed by atoms with Crippen LogP contribution in [0.25, 0.3) is 0 Å². The number of nitrogens with one attached hydrogen (secondary N) is 2. The van der Waals surface area contributed by atoms with Crippen LogP contribution in [0, 0.1) is 23.7 Å². The summed E-state index contributed by atoms with van der Waals surface area (Å²) >= 11 is 0. The van der Waals surface area contributed by atoms with E-state index in [4.69, 9.17) is 0 Å². The third kappa shape index (κ3) is 1.72. The van der Waals surface area contributed by atoms with Crippen LogP contribution in [0.3, 0.4) is 0 Å². The third-order valence-electron chi connectivity index (χ3n) is 4.97. The SMILES string of the molecule is CNCCCCNC1C2C3CCC(C3)C12. The zero-order valence-corrected chi connectivity index (χ0v) is 9.84. The number of hydrogen-bond acceptors (Lipinski definition) is 2. The van der Waals surface area contributed by atoms with E-state index in [1.165, 1.54) is 25.9 Å². The minimum Gasteiger partial charge on any atom is -0.320 e. The van der Waals surface area contributed by atoms with Gasteiger partial charge in [0.2, 0.25) is 0 Å². The van der Waals surface area contributed by atoms with Gasteiger partial charge in [0, 0.05) is 6.04 Å². The van der Waals surface area contributed by atoms with Crippen molar-refractivity contribution >= 4 is 0 Å². The molecule has 2 nitrogen and oxygen atoms in total. The van der Waals surface area contributed by atoms with Gasteiger partial charge >= 0.3 is 0 Å². The Morgan fingerprint density at radius 3 is 2.33 bits per heavy atom. The molecule has 0 aliphatic heterocycles. The van der Waals surface area contributed by atoms with E-state index in [-0.39, 0.29) is 0 Å². The molecule has 0 amide bonds. The standard InChI is InChI=1S/C13H24N2/c1-14-6-2-3-7-15-13-11-9-4-5-10(8-9)12(11)13/h9-15H,2-8H2,1H3. The Kier molecular flexibility index (Phi) is 2.73. The van der Waals surface area contributed by atoms with Crippen LogP contribution < -0.4 is 10.6 Å². The van der Waals surface area contributed by atoms with E-state index in [1.807, 2.05) is 7.05 Å². The zero-order valence-electron chi connectivity index (χ0n) is 9.84. The molecule has 0 spiro atoms. The summed E-state index contributed by atoms with van der Waals surface area (Å²) in [5.74, 6) is 4.45. The topological polar surface area (TPSA) is 24.1 Å². The summed E-state index contributed by atoms with van der Waals surface area (Å²) in [7, 11) is 2.04. The second kappa shape index (κ2) is 4.06. The molecule has 3 saturated carbocycles. The first-order valence-corrected chi connectivity index (χ1v) is 6.80. The lowest BCUT2D eigenvalue weighted by Gasteiger charge is -2.10. The van der Waals surface area contributed by atoms with E-state index >= 15 is 0 Å². The van der Waals surface area contributed by atoms with E-state index in [9.17, 15) is 0 Å². The van der Waals surface area contributed by atoms with Gasteiger partial charge in [-0.2, -0.15) is 0 Å². The summed E-state index contributed by atoms with van der Waals surface area (Å²) in [6.07, 6.45) is 7.32. The van der Waals surface area contributed by atoms with E-state index in [2.05, 4.69) is 10.6 Å². The Balaban J connectivity index is 1.34. The molecule has 3 aliphatic rings. The summed E-state index contributed by atoms with van der Waals surface area (Å²) < 4.78 is 0. The molecule has 0 heterocycles. The first-order valence-electron chi connectivity index (χ1n) is 6.80. The number of hydrogen-bond donors (Lipinski definition) is 2. The minimum absolute atomic E-state index is 0.936. The minimum atomic E-state index is 0.936. The van der Waals surface area contributed by atoms with Crippen LogP contribution in [-0.2, 0) is 0 Å². The Morgan fingerprint density at radius 1 is 1.00 bits per heavy atom. The van der Waals surface area contributed by atoms with Crippen molar-refractivity contribution in [3.05, 3.63) is 0 Å². The van der Waals surface area contributed by atoms with Gasteiger partial charge < -0.3 is 10.6 Å². The van der Waals surface area contributed by atoms with Crippen LogP contribution in [-0.4, -0.2) is 26.2 Å². The van der Waals surface area contributed by atoms with Crippen LogP contribution in [0.15, 0.2) is 0 Å². The van der Waals surface area contributed by atoms with Crippen LogP contribution in [0.5, 0.6) is 0 Å². The Hall–Kier alpha value is -0.0800. The fourth-order valence-electron chi connectivity index (χ4n) is 4.29. The van der Waals surface area contributed by atoms with Gasteiger partial charge in [0.15, 0.2) is 0 Å². The third-order valence-corrected chi connectivity index (χ3v) is 4.97. The summed E-state index contributed by atoms with van der Waals surface area (Å²) in [6.45, 7) is 2.42. The number of rotatable bonds is 6. The van der Waals surface area contributed by atoms with Crippen molar-refractivity contribution < 1.29 is 0 Å². The van der Waals surface area contributed by atoms with Crippen LogP contribution in [0.4, 0.5) is 0 Å². The van der Waals surface area contributed by atoms with Crippen molar-refractivity contribution in [3.63, 3.8) is 0 Å². The van der Waals surface area contributed by atoms with Crippen molar-refractivity contribution in [3.8, 4) is 0 Å². The molecule has 86 valence electrons. The van der Waals surface area contributed by atoms with E-state index in [0.717, 1.165) is 29.7 Å². The molecule has 0 radical (unpaired) electrons. The second-order valence-corrected chi connectivity index (χ2v) is 5.78. The first kappa shape index (κ1) is 10.1. The number of fused-ring (bicyclic) bond motifs is 5. The smallest absolute Gasteiger partial charge is 0.0135 e. The predicted molar refractivity (Wildman–Crippen MR) is 62.8 cm³/mol. The summed E-state index contributed by atoms with van der Waals surface area (Å²) in [4.78, 5) is 0. The molecule has 4 atom stereocenters. The average Bonchev–Trinajstić information content (AvgIpc) is 2.67. The van der Waals surface area contributed by atoms with Crippen molar-refractivity contribution in [2.75, 3.05) is 20.1 Å². The molecule has 2 bridgehead atoms. The first-order chi connectivity index (χ1) is 7.42. The van der Waals surface area contributed by atoms with E-state index < -0.39 is 0 Å². The van der Waals surface area contributed by atoms with Crippen LogP contribution >= 0.6 is 0 Å². The highest BCUT2D eigenvalue weighted by atomic mass is 15.0. The molecule has 3 aliphatic carbocycles. The normalized spacial score (nSPS) is 45.8. The molecule has 3 rings (SSSR count). The Labute approximate surface area is 93.2 Å². The highest BCUT2D eigenvalue weighted by Gasteiger charge is 2.64. The lowest BCUT2D eigenvalue weighted by Crippen LogP contribution is -2.24. The quantitative estimate of drug-likeness (QED) is 0.648. The molecular formula is C13H24N2. The molecule has 0 aromatic carbocycles. The lowest BCUT2D eigenvalue weighted by atomic mass is 10.0. The fourth-order valence-corrected chi connectivity index (χ4v) is 4.29. The highest BCUT2D eigenvalue weighted by Crippen LogP contribution is 2.65. The Bertz CT molecular complexity index is 213. The monoisotopic (exact) mass is 208 g/mol. The largest absolute Gasteiger partial charge is 0.320 e. The Morgan fingerprint density at radius 2 is 1.67 bits per heavy atom. The van der Waals surface area contributed by atoms with Crippen molar-refractivity contribution in [1.29, 1.82) is 0 Å². The zero-order chi connectivity index (χ0) is 10.3. The van der Waals surface area contributed by atoms with Gasteiger partial charge in [-0.25, -0.2) is 0 Å². The highest BCUT2D eigenvalue weighted by molar-refractivity contribution is 5.16. The van der Waals surface area contributed by atoms with E-state index in [1.54, 1.807) is 19.3 Å². The van der Waals surface area contributed by atoms with Crippen molar-refractivity contribution in [2.24, 2.45) is 23.7 Å². The molecule has 15 heavy (non-hydrogen) atoms.